The SMILES string of the molecule is CCCCC(=O)N[C@H]1[C@H](Oc2ccc(O)c(C(C)(C)C)c2)O[C@@H](COC(C)=O)[C@@H](OC(C)=O)[C@@H]1OC(C)=O. The van der Waals surface area contributed by atoms with Gasteiger partial charge in [-0.25, -0.2) is 0 Å². The normalized spacial score (nSPS) is 23.2. The van der Waals surface area contributed by atoms with Gasteiger partial charge in [-0.15, -0.1) is 0 Å². The van der Waals surface area contributed by atoms with Gasteiger partial charge in [0.15, 0.2) is 12.2 Å². The van der Waals surface area contributed by atoms with E-state index in [-0.39, 0.29) is 24.7 Å². The average Bonchev–Trinajstić information content (AvgIpc) is 2.80. The van der Waals surface area contributed by atoms with Crippen LogP contribution in [0.25, 0.3) is 0 Å². The second-order valence-electron chi connectivity index (χ2n) is 10.2. The van der Waals surface area contributed by atoms with Crippen molar-refractivity contribution in [3.8, 4) is 11.5 Å². The number of ether oxygens (including phenoxy) is 5. The Morgan fingerprint density at radius 1 is 1.00 bits per heavy atom. The van der Waals surface area contributed by atoms with Gasteiger partial charge in [-0.2, -0.15) is 0 Å². The minimum absolute atomic E-state index is 0.0827. The number of carbonyl (C=O) groups is 4. The molecule has 212 valence electrons. The summed E-state index contributed by atoms with van der Waals surface area (Å²) >= 11 is 0. The van der Waals surface area contributed by atoms with E-state index in [0.717, 1.165) is 6.42 Å². The molecule has 2 N–H and O–H groups in total. The number of benzene rings is 1. The second kappa shape index (κ2) is 13.5. The number of amides is 1. The number of nitrogens with one attached hydrogen (secondary N) is 1. The van der Waals surface area contributed by atoms with Crippen molar-refractivity contribution in [2.75, 3.05) is 6.61 Å². The van der Waals surface area contributed by atoms with Crippen LogP contribution in [0.2, 0.25) is 0 Å². The molecule has 0 saturated carbocycles. The van der Waals surface area contributed by atoms with Gasteiger partial charge >= 0.3 is 17.9 Å². The van der Waals surface area contributed by atoms with Gasteiger partial charge in [0.25, 0.3) is 0 Å². The van der Waals surface area contributed by atoms with Crippen LogP contribution in [0.3, 0.4) is 0 Å². The van der Waals surface area contributed by atoms with E-state index in [0.29, 0.717) is 17.7 Å². The van der Waals surface area contributed by atoms with Crippen LogP contribution < -0.4 is 10.1 Å². The summed E-state index contributed by atoms with van der Waals surface area (Å²) in [6.45, 7) is 11.0. The predicted molar refractivity (Wildman–Crippen MR) is 135 cm³/mol. The largest absolute Gasteiger partial charge is 0.508 e. The third-order valence-corrected chi connectivity index (χ3v) is 5.81. The highest BCUT2D eigenvalue weighted by atomic mass is 16.7. The number of phenolic OH excluding ortho intramolecular Hbond substituents is 1. The Labute approximate surface area is 223 Å². The van der Waals surface area contributed by atoms with E-state index in [2.05, 4.69) is 5.32 Å². The number of phenols is 1. The molecule has 1 aliphatic rings. The highest BCUT2D eigenvalue weighted by Gasteiger charge is 2.52. The van der Waals surface area contributed by atoms with Crippen molar-refractivity contribution in [3.05, 3.63) is 23.8 Å². The van der Waals surface area contributed by atoms with Gasteiger partial charge in [-0.1, -0.05) is 34.1 Å². The Balaban J connectivity index is 2.54. The Bertz CT molecular complexity index is 1000. The van der Waals surface area contributed by atoms with Crippen LogP contribution in [0, 0.1) is 0 Å². The van der Waals surface area contributed by atoms with E-state index < -0.39 is 54.0 Å². The van der Waals surface area contributed by atoms with E-state index in [1.54, 1.807) is 6.07 Å². The quantitative estimate of drug-likeness (QED) is 0.337. The Kier molecular flexibility index (Phi) is 10.9. The molecule has 1 saturated heterocycles. The Morgan fingerprint density at radius 3 is 2.18 bits per heavy atom. The molecular weight excluding hydrogens is 498 g/mol. The summed E-state index contributed by atoms with van der Waals surface area (Å²) in [4.78, 5) is 48.4. The smallest absolute Gasteiger partial charge is 0.303 e. The predicted octanol–water partition coefficient (Wildman–Crippen LogP) is 2.89. The number of hydrogen-bond acceptors (Lipinski definition) is 10. The average molecular weight is 538 g/mol. The number of unbranched alkanes of at least 4 members (excludes halogenated alkanes) is 1. The number of rotatable bonds is 10. The molecule has 0 bridgehead atoms. The van der Waals surface area contributed by atoms with Crippen LogP contribution >= 0.6 is 0 Å². The minimum Gasteiger partial charge on any atom is -0.508 e. The molecule has 1 fully saturated rings. The summed E-state index contributed by atoms with van der Waals surface area (Å²) in [5.74, 6) is -1.92. The molecule has 0 aromatic heterocycles. The summed E-state index contributed by atoms with van der Waals surface area (Å²) in [5, 5.41) is 13.2. The lowest BCUT2D eigenvalue weighted by atomic mass is 9.86. The number of aromatic hydroxyl groups is 1. The van der Waals surface area contributed by atoms with E-state index in [9.17, 15) is 24.3 Å². The molecule has 38 heavy (non-hydrogen) atoms. The molecule has 1 aromatic rings. The molecule has 1 aliphatic heterocycles. The maximum atomic E-state index is 12.8. The first-order valence-corrected chi connectivity index (χ1v) is 12.7. The molecule has 5 atom stereocenters. The summed E-state index contributed by atoms with van der Waals surface area (Å²) in [7, 11) is 0. The summed E-state index contributed by atoms with van der Waals surface area (Å²) < 4.78 is 28.4. The number of carbonyl (C=O) groups excluding carboxylic acids is 4. The van der Waals surface area contributed by atoms with Crippen molar-refractivity contribution >= 4 is 23.8 Å². The van der Waals surface area contributed by atoms with Gasteiger partial charge in [0.2, 0.25) is 12.2 Å². The van der Waals surface area contributed by atoms with Crippen molar-refractivity contribution in [2.24, 2.45) is 0 Å². The van der Waals surface area contributed by atoms with Gasteiger partial charge < -0.3 is 34.1 Å². The monoisotopic (exact) mass is 537 g/mol. The zero-order chi connectivity index (χ0) is 28.6. The zero-order valence-electron chi connectivity index (χ0n) is 23.1. The maximum absolute atomic E-state index is 12.8. The van der Waals surface area contributed by atoms with Gasteiger partial charge in [0.05, 0.1) is 0 Å². The number of hydrogen-bond donors (Lipinski definition) is 2. The van der Waals surface area contributed by atoms with Crippen LogP contribution in [-0.4, -0.2) is 66.2 Å². The van der Waals surface area contributed by atoms with Crippen LogP contribution in [0.1, 0.15) is 73.3 Å². The van der Waals surface area contributed by atoms with E-state index >= 15 is 0 Å². The minimum atomic E-state index is -1.24. The fourth-order valence-corrected chi connectivity index (χ4v) is 4.08. The standard InChI is InChI=1S/C27H39NO10/c1-8-9-10-22(33)28-23-25(36-17(4)31)24(35-16(3)30)21(14-34-15(2)29)38-26(23)37-18-11-12-20(32)19(13-18)27(5,6)7/h11-13,21,23-26,32H,8-10,14H2,1-7H3,(H,28,33)/t21-,23+,24+,25+,26+/m0/s1. The molecule has 11 nitrogen and oxygen atoms in total. The molecule has 2 rings (SSSR count). The fourth-order valence-electron chi connectivity index (χ4n) is 4.08. The second-order valence-corrected chi connectivity index (χ2v) is 10.2. The van der Waals surface area contributed by atoms with E-state index in [1.807, 2.05) is 27.7 Å². The molecule has 0 unspecified atom stereocenters. The van der Waals surface area contributed by atoms with Gasteiger partial charge in [-0.3, -0.25) is 19.2 Å². The molecule has 0 radical (unpaired) electrons. The third kappa shape index (κ3) is 8.90. The highest BCUT2D eigenvalue weighted by Crippen LogP contribution is 2.35. The topological polar surface area (TPSA) is 147 Å². The van der Waals surface area contributed by atoms with Gasteiger partial charge in [0.1, 0.15) is 30.3 Å². The van der Waals surface area contributed by atoms with Crippen molar-refractivity contribution in [2.45, 2.75) is 104 Å². The number of esters is 3. The maximum Gasteiger partial charge on any atom is 0.303 e. The first-order valence-electron chi connectivity index (χ1n) is 12.7. The van der Waals surface area contributed by atoms with Crippen LogP contribution in [0.5, 0.6) is 11.5 Å². The molecule has 0 spiro atoms. The molecular formula is C27H39NO10. The van der Waals surface area contributed by atoms with Crippen molar-refractivity contribution < 1.29 is 48.0 Å². The first-order chi connectivity index (χ1) is 17.7. The summed E-state index contributed by atoms with van der Waals surface area (Å²) in [6.07, 6.45) is -3.15. The van der Waals surface area contributed by atoms with Crippen LogP contribution in [-0.2, 0) is 43.5 Å². The zero-order valence-corrected chi connectivity index (χ0v) is 23.1. The van der Waals surface area contributed by atoms with Crippen molar-refractivity contribution in [1.82, 2.24) is 5.32 Å². The Morgan fingerprint density at radius 2 is 1.63 bits per heavy atom. The van der Waals surface area contributed by atoms with Crippen LogP contribution in [0.4, 0.5) is 0 Å². The molecule has 1 aromatic carbocycles. The summed E-state index contributed by atoms with van der Waals surface area (Å²) in [5.41, 5.74) is 0.198. The fraction of sp³-hybridized carbons (Fsp3) is 0.630. The molecule has 11 heteroatoms. The van der Waals surface area contributed by atoms with Gasteiger partial charge in [-0.05, 0) is 30.0 Å². The molecule has 1 heterocycles. The van der Waals surface area contributed by atoms with E-state index in [4.69, 9.17) is 23.7 Å². The van der Waals surface area contributed by atoms with Crippen molar-refractivity contribution in [1.29, 1.82) is 0 Å². The Hall–Kier alpha value is -3.34. The third-order valence-electron chi connectivity index (χ3n) is 5.81. The van der Waals surface area contributed by atoms with E-state index in [1.165, 1.54) is 32.9 Å². The van der Waals surface area contributed by atoms with Crippen molar-refractivity contribution in [3.63, 3.8) is 0 Å². The highest BCUT2D eigenvalue weighted by molar-refractivity contribution is 5.76. The lowest BCUT2D eigenvalue weighted by Crippen LogP contribution is -2.67. The molecule has 1 amide bonds. The lowest BCUT2D eigenvalue weighted by Gasteiger charge is -2.45. The van der Waals surface area contributed by atoms with Gasteiger partial charge in [0, 0.05) is 32.8 Å². The first kappa shape index (κ1) is 30.9. The van der Waals surface area contributed by atoms with Crippen LogP contribution in [0.15, 0.2) is 18.2 Å². The molecule has 0 aliphatic carbocycles. The lowest BCUT2D eigenvalue weighted by molar-refractivity contribution is -0.257. The summed E-state index contributed by atoms with van der Waals surface area (Å²) in [6, 6.07) is 3.57.